The highest BCUT2D eigenvalue weighted by molar-refractivity contribution is 6.32. The van der Waals surface area contributed by atoms with Gasteiger partial charge in [0.05, 0.1) is 0 Å². The van der Waals surface area contributed by atoms with Crippen molar-refractivity contribution in [2.75, 3.05) is 0 Å². The van der Waals surface area contributed by atoms with Crippen molar-refractivity contribution in [2.45, 2.75) is 6.92 Å². The van der Waals surface area contributed by atoms with Crippen molar-refractivity contribution < 1.29 is 4.79 Å². The fourth-order valence-electron chi connectivity index (χ4n) is 1.63. The maximum atomic E-state index is 11.1. The molecule has 0 fully saturated rings. The molecule has 0 saturated carbocycles. The molecule has 0 N–H and O–H groups in total. The van der Waals surface area contributed by atoms with Gasteiger partial charge in [-0.25, -0.2) is 0 Å². The molecular weight excluding hydrogens is 244 g/mol. The molecule has 0 aliphatic carbocycles. The zero-order valence-corrected chi connectivity index (χ0v) is 10.8. The van der Waals surface area contributed by atoms with Crippen molar-refractivity contribution >= 4 is 29.5 Å². The second kappa shape index (κ2) is 5.65. The zero-order valence-electron chi connectivity index (χ0n) is 10.1. The molecule has 0 spiro atoms. The Balaban J connectivity index is 2.19. The monoisotopic (exact) mass is 256 g/mol. The summed E-state index contributed by atoms with van der Waals surface area (Å²) >= 11 is 6.06. The van der Waals surface area contributed by atoms with Crippen molar-refractivity contribution in [1.82, 2.24) is 0 Å². The van der Waals surface area contributed by atoms with Crippen molar-refractivity contribution in [3.05, 3.63) is 70.2 Å². The number of rotatable bonds is 3. The largest absolute Gasteiger partial charge is 0.295 e. The molecule has 0 heterocycles. The topological polar surface area (TPSA) is 17.1 Å². The van der Waals surface area contributed by atoms with Gasteiger partial charge in [0.2, 0.25) is 0 Å². The fraction of sp³-hybridized carbons (Fsp3) is 0.0625. The van der Waals surface area contributed by atoms with E-state index in [1.165, 1.54) is 0 Å². The number of halogens is 1. The summed E-state index contributed by atoms with van der Waals surface area (Å²) in [5.74, 6) is 0.0802. The molecule has 18 heavy (non-hydrogen) atoms. The zero-order chi connectivity index (χ0) is 13.0. The van der Waals surface area contributed by atoms with Gasteiger partial charge in [0.15, 0.2) is 5.78 Å². The number of hydrogen-bond donors (Lipinski definition) is 0. The van der Waals surface area contributed by atoms with Gasteiger partial charge in [0.1, 0.15) is 0 Å². The van der Waals surface area contributed by atoms with Crippen molar-refractivity contribution in [3.8, 4) is 0 Å². The van der Waals surface area contributed by atoms with Crippen molar-refractivity contribution in [1.29, 1.82) is 0 Å². The van der Waals surface area contributed by atoms with E-state index >= 15 is 0 Å². The second-order valence-corrected chi connectivity index (χ2v) is 4.44. The number of benzene rings is 2. The summed E-state index contributed by atoms with van der Waals surface area (Å²) in [5.41, 5.74) is 2.75. The van der Waals surface area contributed by atoms with Crippen LogP contribution in [0.5, 0.6) is 0 Å². The predicted octanol–water partition coefficient (Wildman–Crippen LogP) is 4.71. The Kier molecular flexibility index (Phi) is 3.96. The molecular formula is C16H13ClO. The van der Waals surface area contributed by atoms with Gasteiger partial charge < -0.3 is 0 Å². The lowest BCUT2D eigenvalue weighted by molar-refractivity contribution is 0.101. The van der Waals surface area contributed by atoms with Gasteiger partial charge in [-0.3, -0.25) is 4.79 Å². The third-order valence-electron chi connectivity index (χ3n) is 2.68. The van der Waals surface area contributed by atoms with Crippen LogP contribution >= 0.6 is 11.6 Å². The number of carbonyl (C=O) groups is 1. The van der Waals surface area contributed by atoms with Crippen LogP contribution < -0.4 is 0 Å². The minimum Gasteiger partial charge on any atom is -0.295 e. The summed E-state index contributed by atoms with van der Waals surface area (Å²) in [6, 6.07) is 15.2. The Labute approximate surface area is 112 Å². The summed E-state index contributed by atoms with van der Waals surface area (Å²) in [6.07, 6.45) is 3.94. The number of Topliss-reactive ketones (excluding diaryl/α,β-unsaturated/α-hetero) is 1. The summed E-state index contributed by atoms with van der Waals surface area (Å²) in [7, 11) is 0. The molecule has 0 aliphatic rings. The molecule has 2 aromatic carbocycles. The first-order chi connectivity index (χ1) is 8.66. The van der Waals surface area contributed by atoms with Crippen molar-refractivity contribution in [2.24, 2.45) is 0 Å². The van der Waals surface area contributed by atoms with E-state index in [4.69, 9.17) is 11.6 Å². The predicted molar refractivity (Wildman–Crippen MR) is 76.8 cm³/mol. The van der Waals surface area contributed by atoms with Gasteiger partial charge >= 0.3 is 0 Å². The highest BCUT2D eigenvalue weighted by Gasteiger charge is 1.97. The van der Waals surface area contributed by atoms with E-state index in [0.717, 1.165) is 21.7 Å². The first kappa shape index (κ1) is 12.6. The van der Waals surface area contributed by atoms with E-state index in [1.807, 2.05) is 60.7 Å². The SMILES string of the molecule is CC(=O)c1ccc(/C=C\c2ccccc2Cl)cc1. The van der Waals surface area contributed by atoms with Crippen molar-refractivity contribution in [3.63, 3.8) is 0 Å². The Morgan fingerprint density at radius 2 is 1.67 bits per heavy atom. The highest BCUT2D eigenvalue weighted by atomic mass is 35.5. The molecule has 2 heteroatoms. The highest BCUT2D eigenvalue weighted by Crippen LogP contribution is 2.18. The van der Waals surface area contributed by atoms with E-state index in [1.54, 1.807) is 6.92 Å². The first-order valence-electron chi connectivity index (χ1n) is 5.70. The summed E-state index contributed by atoms with van der Waals surface area (Å²) < 4.78 is 0. The molecule has 0 amide bonds. The van der Waals surface area contributed by atoms with E-state index in [2.05, 4.69) is 0 Å². The molecule has 2 rings (SSSR count). The van der Waals surface area contributed by atoms with E-state index in [9.17, 15) is 4.79 Å². The van der Waals surface area contributed by atoms with E-state index in [0.29, 0.717) is 0 Å². The van der Waals surface area contributed by atoms with Gasteiger partial charge in [-0.15, -0.1) is 0 Å². The van der Waals surface area contributed by atoms with Crippen LogP contribution in [0, 0.1) is 0 Å². The summed E-state index contributed by atoms with van der Waals surface area (Å²) in [4.78, 5) is 11.1. The van der Waals surface area contributed by atoms with Gasteiger partial charge in [0.25, 0.3) is 0 Å². The van der Waals surface area contributed by atoms with Crippen LogP contribution in [0.25, 0.3) is 12.2 Å². The second-order valence-electron chi connectivity index (χ2n) is 4.03. The molecule has 0 unspecified atom stereocenters. The van der Waals surface area contributed by atoms with Crippen LogP contribution in [0.15, 0.2) is 48.5 Å². The first-order valence-corrected chi connectivity index (χ1v) is 6.08. The molecule has 2 aromatic rings. The van der Waals surface area contributed by atoms with Crippen LogP contribution in [0.4, 0.5) is 0 Å². The number of hydrogen-bond acceptors (Lipinski definition) is 1. The molecule has 0 aliphatic heterocycles. The molecule has 0 bridgehead atoms. The lowest BCUT2D eigenvalue weighted by atomic mass is 10.1. The molecule has 0 radical (unpaired) electrons. The fourth-order valence-corrected chi connectivity index (χ4v) is 1.82. The lowest BCUT2D eigenvalue weighted by Crippen LogP contribution is -1.90. The minimum atomic E-state index is 0.0802. The number of ketones is 1. The van der Waals surface area contributed by atoms with E-state index < -0.39 is 0 Å². The minimum absolute atomic E-state index is 0.0802. The average Bonchev–Trinajstić information content (AvgIpc) is 2.38. The third kappa shape index (κ3) is 3.08. The smallest absolute Gasteiger partial charge is 0.159 e. The van der Waals surface area contributed by atoms with Crippen LogP contribution in [-0.2, 0) is 0 Å². The van der Waals surface area contributed by atoms with Crippen LogP contribution in [0.2, 0.25) is 5.02 Å². The summed E-state index contributed by atoms with van der Waals surface area (Å²) in [6.45, 7) is 1.56. The maximum absolute atomic E-state index is 11.1. The number of carbonyl (C=O) groups excluding carboxylic acids is 1. The van der Waals surface area contributed by atoms with Crippen LogP contribution in [0.3, 0.4) is 0 Å². The molecule has 1 nitrogen and oxygen atoms in total. The Hall–Kier alpha value is -1.86. The molecule has 0 aromatic heterocycles. The Morgan fingerprint density at radius 1 is 1.00 bits per heavy atom. The normalized spacial score (nSPS) is 10.8. The van der Waals surface area contributed by atoms with Gasteiger partial charge in [-0.1, -0.05) is 66.2 Å². The standard InChI is InChI=1S/C16H13ClO/c1-12(18)14-9-6-13(7-10-14)8-11-15-4-2-3-5-16(15)17/h2-11H,1H3/b11-8-. The molecule has 0 saturated heterocycles. The quantitative estimate of drug-likeness (QED) is 0.574. The van der Waals surface area contributed by atoms with Gasteiger partial charge in [-0.2, -0.15) is 0 Å². The van der Waals surface area contributed by atoms with Gasteiger partial charge in [0, 0.05) is 10.6 Å². The van der Waals surface area contributed by atoms with Crippen LogP contribution in [-0.4, -0.2) is 5.78 Å². The van der Waals surface area contributed by atoms with Gasteiger partial charge in [-0.05, 0) is 24.1 Å². The summed E-state index contributed by atoms with van der Waals surface area (Å²) in [5, 5.41) is 0.731. The lowest BCUT2D eigenvalue weighted by Gasteiger charge is -1.98. The average molecular weight is 257 g/mol. The van der Waals surface area contributed by atoms with Crippen LogP contribution in [0.1, 0.15) is 28.4 Å². The third-order valence-corrected chi connectivity index (χ3v) is 3.02. The Morgan fingerprint density at radius 3 is 2.28 bits per heavy atom. The maximum Gasteiger partial charge on any atom is 0.159 e. The molecule has 90 valence electrons. The Bertz CT molecular complexity index is 582. The van der Waals surface area contributed by atoms with E-state index in [-0.39, 0.29) is 5.78 Å². The molecule has 0 atom stereocenters.